The molecule has 0 bridgehead atoms. The van der Waals surface area contributed by atoms with Crippen molar-refractivity contribution in [1.82, 2.24) is 0 Å². The molecule has 0 saturated carbocycles. The highest BCUT2D eigenvalue weighted by Gasteiger charge is 2.17. The first-order valence-electron chi connectivity index (χ1n) is 5.64. The van der Waals surface area contributed by atoms with Crippen LogP contribution in [-0.4, -0.2) is 16.0 Å². The molecule has 2 aromatic carbocycles. The average molecular weight is 242 g/mol. The molecule has 0 aliphatic rings. The number of aryl methyl sites for hydroxylation is 1. The molecule has 0 unspecified atom stereocenters. The van der Waals surface area contributed by atoms with Crippen LogP contribution in [0.1, 0.15) is 27.0 Å². The third-order valence-corrected chi connectivity index (χ3v) is 3.00. The van der Waals surface area contributed by atoms with Gasteiger partial charge in [0, 0.05) is 16.7 Å². The van der Waals surface area contributed by atoms with E-state index in [1.54, 1.807) is 44.2 Å². The van der Waals surface area contributed by atoms with Crippen molar-refractivity contribution in [2.75, 3.05) is 0 Å². The topological polar surface area (TPSA) is 57.5 Å². The molecule has 3 nitrogen and oxygen atoms in total. The van der Waals surface area contributed by atoms with Crippen LogP contribution in [0.15, 0.2) is 36.4 Å². The molecule has 0 amide bonds. The maximum atomic E-state index is 12.3. The maximum absolute atomic E-state index is 12.3. The first kappa shape index (κ1) is 12.2. The van der Waals surface area contributed by atoms with Gasteiger partial charge in [0.2, 0.25) is 0 Å². The Morgan fingerprint density at radius 3 is 2.22 bits per heavy atom. The molecule has 2 aromatic rings. The van der Waals surface area contributed by atoms with Gasteiger partial charge in [-0.25, -0.2) is 0 Å². The Hall–Kier alpha value is -2.29. The molecule has 0 aliphatic carbocycles. The lowest BCUT2D eigenvalue weighted by atomic mass is 9.96. The third kappa shape index (κ3) is 1.95. The van der Waals surface area contributed by atoms with Crippen molar-refractivity contribution in [2.45, 2.75) is 13.8 Å². The Balaban J connectivity index is 2.56. The summed E-state index contributed by atoms with van der Waals surface area (Å²) in [6, 6.07) is 10.5. The van der Waals surface area contributed by atoms with Gasteiger partial charge in [-0.1, -0.05) is 30.3 Å². The molecular formula is C15H14O3. The zero-order chi connectivity index (χ0) is 13.3. The highest BCUT2D eigenvalue weighted by Crippen LogP contribution is 2.35. The van der Waals surface area contributed by atoms with Gasteiger partial charge in [-0.05, 0) is 25.5 Å². The van der Waals surface area contributed by atoms with E-state index < -0.39 is 0 Å². The first-order chi connectivity index (χ1) is 8.52. The van der Waals surface area contributed by atoms with Crippen LogP contribution in [0.2, 0.25) is 0 Å². The molecule has 2 N–H and O–H groups in total. The van der Waals surface area contributed by atoms with Crippen molar-refractivity contribution in [2.24, 2.45) is 0 Å². The summed E-state index contributed by atoms with van der Waals surface area (Å²) in [6.07, 6.45) is 0. The summed E-state index contributed by atoms with van der Waals surface area (Å²) < 4.78 is 0. The average Bonchev–Trinajstić information content (AvgIpc) is 2.41. The van der Waals surface area contributed by atoms with Crippen LogP contribution in [0.5, 0.6) is 11.5 Å². The molecule has 18 heavy (non-hydrogen) atoms. The van der Waals surface area contributed by atoms with E-state index in [1.807, 2.05) is 6.07 Å². The van der Waals surface area contributed by atoms with Gasteiger partial charge in [-0.3, -0.25) is 4.79 Å². The van der Waals surface area contributed by atoms with Crippen LogP contribution in [0.25, 0.3) is 0 Å². The second-order valence-electron chi connectivity index (χ2n) is 4.26. The fraction of sp³-hybridized carbons (Fsp3) is 0.133. The van der Waals surface area contributed by atoms with Gasteiger partial charge in [0.25, 0.3) is 0 Å². The van der Waals surface area contributed by atoms with E-state index in [0.29, 0.717) is 22.3 Å². The fourth-order valence-corrected chi connectivity index (χ4v) is 1.87. The largest absolute Gasteiger partial charge is 0.504 e. The van der Waals surface area contributed by atoms with Crippen molar-refractivity contribution in [3.05, 3.63) is 58.7 Å². The van der Waals surface area contributed by atoms with Crippen molar-refractivity contribution >= 4 is 5.78 Å². The first-order valence-corrected chi connectivity index (χ1v) is 5.64. The van der Waals surface area contributed by atoms with E-state index in [-0.39, 0.29) is 17.3 Å². The lowest BCUT2D eigenvalue weighted by molar-refractivity contribution is 0.103. The standard InChI is InChI=1S/C15H14O3/c1-9-8-12(10(2)14(17)13(9)16)15(18)11-6-4-3-5-7-11/h3-8,16-17H,1-2H3. The highest BCUT2D eigenvalue weighted by molar-refractivity contribution is 6.10. The van der Waals surface area contributed by atoms with E-state index in [9.17, 15) is 15.0 Å². The molecule has 0 aliphatic heterocycles. The van der Waals surface area contributed by atoms with Gasteiger partial charge < -0.3 is 10.2 Å². The minimum absolute atomic E-state index is 0.161. The van der Waals surface area contributed by atoms with E-state index in [1.165, 1.54) is 0 Å². The summed E-state index contributed by atoms with van der Waals surface area (Å²) in [5.74, 6) is -0.558. The van der Waals surface area contributed by atoms with E-state index in [0.717, 1.165) is 0 Å². The number of phenols is 2. The van der Waals surface area contributed by atoms with Gasteiger partial charge in [0.15, 0.2) is 17.3 Å². The molecule has 92 valence electrons. The predicted octanol–water partition coefficient (Wildman–Crippen LogP) is 2.95. The van der Waals surface area contributed by atoms with Gasteiger partial charge in [0.1, 0.15) is 0 Å². The SMILES string of the molecule is Cc1cc(C(=O)c2ccccc2)c(C)c(O)c1O. The van der Waals surface area contributed by atoms with E-state index in [2.05, 4.69) is 0 Å². The minimum Gasteiger partial charge on any atom is -0.504 e. The summed E-state index contributed by atoms with van der Waals surface area (Å²) in [5, 5.41) is 19.4. The number of ketones is 1. The van der Waals surface area contributed by atoms with Crippen LogP contribution in [0.4, 0.5) is 0 Å². The molecule has 0 atom stereocenters. The molecule has 3 heteroatoms. The third-order valence-electron chi connectivity index (χ3n) is 3.00. The molecule has 0 spiro atoms. The second-order valence-corrected chi connectivity index (χ2v) is 4.26. The molecule has 0 radical (unpaired) electrons. The summed E-state index contributed by atoms with van der Waals surface area (Å²) >= 11 is 0. The number of carbonyl (C=O) groups is 1. The summed E-state index contributed by atoms with van der Waals surface area (Å²) in [6.45, 7) is 3.26. The summed E-state index contributed by atoms with van der Waals surface area (Å²) in [5.41, 5.74) is 1.85. The lowest BCUT2D eigenvalue weighted by Gasteiger charge is -2.10. The molecule has 0 heterocycles. The number of aromatic hydroxyl groups is 2. The number of phenolic OH excluding ortho intramolecular Hbond substituents is 2. The van der Waals surface area contributed by atoms with Crippen molar-refractivity contribution in [1.29, 1.82) is 0 Å². The zero-order valence-corrected chi connectivity index (χ0v) is 10.3. The van der Waals surface area contributed by atoms with Crippen molar-refractivity contribution < 1.29 is 15.0 Å². The number of benzene rings is 2. The summed E-state index contributed by atoms with van der Waals surface area (Å²) in [7, 11) is 0. The van der Waals surface area contributed by atoms with Gasteiger partial charge in [0.05, 0.1) is 0 Å². The lowest BCUT2D eigenvalue weighted by Crippen LogP contribution is -2.04. The predicted molar refractivity (Wildman–Crippen MR) is 69.1 cm³/mol. The van der Waals surface area contributed by atoms with E-state index >= 15 is 0 Å². The Kier molecular flexibility index (Phi) is 3.06. The van der Waals surface area contributed by atoms with Crippen LogP contribution >= 0.6 is 0 Å². The van der Waals surface area contributed by atoms with Crippen molar-refractivity contribution in [3.63, 3.8) is 0 Å². The van der Waals surface area contributed by atoms with E-state index in [4.69, 9.17) is 0 Å². The molecule has 0 aromatic heterocycles. The van der Waals surface area contributed by atoms with Crippen LogP contribution in [0.3, 0.4) is 0 Å². The molecule has 2 rings (SSSR count). The number of hydrogen-bond acceptors (Lipinski definition) is 3. The van der Waals surface area contributed by atoms with Gasteiger partial charge in [-0.2, -0.15) is 0 Å². The molecule has 0 fully saturated rings. The van der Waals surface area contributed by atoms with Gasteiger partial charge >= 0.3 is 0 Å². The number of hydrogen-bond donors (Lipinski definition) is 2. The van der Waals surface area contributed by atoms with Crippen LogP contribution in [-0.2, 0) is 0 Å². The second kappa shape index (κ2) is 4.53. The Morgan fingerprint density at radius 2 is 1.61 bits per heavy atom. The Morgan fingerprint density at radius 1 is 1.00 bits per heavy atom. The van der Waals surface area contributed by atoms with Gasteiger partial charge in [-0.15, -0.1) is 0 Å². The smallest absolute Gasteiger partial charge is 0.193 e. The zero-order valence-electron chi connectivity index (χ0n) is 10.3. The summed E-state index contributed by atoms with van der Waals surface area (Å²) in [4.78, 5) is 12.3. The Labute approximate surface area is 105 Å². The normalized spacial score (nSPS) is 10.3. The molecular weight excluding hydrogens is 228 g/mol. The Bertz CT molecular complexity index is 601. The fourth-order valence-electron chi connectivity index (χ4n) is 1.87. The highest BCUT2D eigenvalue weighted by atomic mass is 16.3. The number of rotatable bonds is 2. The maximum Gasteiger partial charge on any atom is 0.193 e. The monoisotopic (exact) mass is 242 g/mol. The molecule has 0 saturated heterocycles. The van der Waals surface area contributed by atoms with Crippen LogP contribution in [0, 0.1) is 13.8 Å². The quantitative estimate of drug-likeness (QED) is 0.628. The minimum atomic E-state index is -0.228. The number of carbonyl (C=O) groups excluding carboxylic acids is 1. The van der Waals surface area contributed by atoms with Crippen LogP contribution < -0.4 is 0 Å². The van der Waals surface area contributed by atoms with Crippen molar-refractivity contribution in [3.8, 4) is 11.5 Å².